The largest absolute Gasteiger partial charge is 0.374 e. The number of fused-ring (bicyclic) bond motifs is 2. The average molecular weight is 482 g/mol. The minimum Gasteiger partial charge on any atom is -0.374 e. The van der Waals surface area contributed by atoms with Crippen LogP contribution in [0.2, 0.25) is 0 Å². The first-order chi connectivity index (χ1) is 17.1. The van der Waals surface area contributed by atoms with E-state index in [2.05, 4.69) is 27.4 Å². The second-order valence-corrected chi connectivity index (χ2v) is 9.84. The quantitative estimate of drug-likeness (QED) is 0.366. The number of aromatic amines is 1. The molecule has 8 heteroatoms. The molecule has 0 radical (unpaired) electrons. The molecule has 35 heavy (non-hydrogen) atoms. The van der Waals surface area contributed by atoms with Crippen LogP contribution >= 0.6 is 11.3 Å². The van der Waals surface area contributed by atoms with E-state index in [-0.39, 0.29) is 11.7 Å². The third-order valence-corrected chi connectivity index (χ3v) is 7.96. The fourth-order valence-corrected chi connectivity index (χ4v) is 6.37. The zero-order valence-corrected chi connectivity index (χ0v) is 20.3. The molecule has 4 heterocycles. The van der Waals surface area contributed by atoms with E-state index in [1.165, 1.54) is 0 Å². The molecular formula is C27H23N5O2S. The topological polar surface area (TPSA) is 96.6 Å². The number of nitrogens with one attached hydrogen (secondary N) is 1. The first-order valence-electron chi connectivity index (χ1n) is 11.7. The van der Waals surface area contributed by atoms with E-state index in [0.29, 0.717) is 24.0 Å². The summed E-state index contributed by atoms with van der Waals surface area (Å²) in [6.07, 6.45) is 4.23. The summed E-state index contributed by atoms with van der Waals surface area (Å²) in [5.41, 5.74) is 4.93. The molecular weight excluding hydrogens is 458 g/mol. The highest BCUT2D eigenvalue weighted by Gasteiger charge is 2.26. The Bertz CT molecular complexity index is 1700. The van der Waals surface area contributed by atoms with Gasteiger partial charge in [0.2, 0.25) is 0 Å². The first-order valence-corrected chi connectivity index (χ1v) is 12.5. The van der Waals surface area contributed by atoms with E-state index in [1.54, 1.807) is 11.3 Å². The van der Waals surface area contributed by atoms with Gasteiger partial charge in [-0.15, -0.1) is 11.3 Å². The third kappa shape index (κ3) is 3.39. The van der Waals surface area contributed by atoms with Gasteiger partial charge in [-0.2, -0.15) is 15.5 Å². The van der Waals surface area contributed by atoms with Crippen molar-refractivity contribution in [1.29, 1.82) is 5.26 Å². The molecule has 0 bridgehead atoms. The number of hydrogen-bond acceptors (Lipinski definition) is 6. The normalized spacial score (nSPS) is 15.7. The third-order valence-electron chi connectivity index (χ3n) is 6.78. The van der Waals surface area contributed by atoms with Crippen molar-refractivity contribution in [2.45, 2.75) is 32.3 Å². The summed E-state index contributed by atoms with van der Waals surface area (Å²) in [5.74, 6) is 0. The number of hydrogen-bond donors (Lipinski definition) is 1. The Hall–Kier alpha value is -3.80. The number of nitriles is 1. The smallest absolute Gasteiger partial charge is 0.272 e. The highest BCUT2D eigenvalue weighted by Crippen LogP contribution is 2.44. The van der Waals surface area contributed by atoms with Crippen molar-refractivity contribution >= 4 is 32.2 Å². The lowest BCUT2D eigenvalue weighted by Crippen LogP contribution is -2.14. The fourth-order valence-electron chi connectivity index (χ4n) is 5.12. The first kappa shape index (κ1) is 21.7. The van der Waals surface area contributed by atoms with Crippen molar-refractivity contribution in [2.75, 3.05) is 6.61 Å². The van der Waals surface area contributed by atoms with E-state index in [4.69, 9.17) is 4.74 Å². The van der Waals surface area contributed by atoms with Gasteiger partial charge < -0.3 is 4.74 Å². The van der Waals surface area contributed by atoms with Crippen LogP contribution in [0.15, 0.2) is 47.4 Å². The molecule has 0 unspecified atom stereocenters. The maximum absolute atomic E-state index is 12.9. The van der Waals surface area contributed by atoms with E-state index in [0.717, 1.165) is 61.3 Å². The second kappa shape index (κ2) is 8.45. The van der Waals surface area contributed by atoms with Crippen LogP contribution in [0.4, 0.5) is 0 Å². The fraction of sp³-hybridized carbons (Fsp3) is 0.259. The second-order valence-electron chi connectivity index (χ2n) is 8.79. The number of ether oxygens (including phenoxy) is 1. The maximum Gasteiger partial charge on any atom is 0.272 e. The number of benzene rings is 2. The van der Waals surface area contributed by atoms with Crippen molar-refractivity contribution in [2.24, 2.45) is 7.05 Å². The minimum absolute atomic E-state index is 0.134. The molecule has 1 saturated heterocycles. The SMILES string of the molecule is CCc1n[nH]c(=O)c2c([C@@H]3CCCO3)cc(-c3cnn(C)c3-c3sc4ccccc4c3C#N)cc12. The molecule has 1 N–H and O–H groups in total. The number of aryl methyl sites for hydroxylation is 2. The van der Waals surface area contributed by atoms with Gasteiger partial charge in [0.1, 0.15) is 6.07 Å². The number of aromatic nitrogens is 4. The van der Waals surface area contributed by atoms with E-state index in [1.807, 2.05) is 55.2 Å². The van der Waals surface area contributed by atoms with E-state index in [9.17, 15) is 10.1 Å². The summed E-state index contributed by atoms with van der Waals surface area (Å²) in [7, 11) is 1.90. The highest BCUT2D eigenvalue weighted by molar-refractivity contribution is 7.22. The van der Waals surface area contributed by atoms with Gasteiger partial charge >= 0.3 is 0 Å². The Morgan fingerprint density at radius 2 is 2.14 bits per heavy atom. The standard InChI is InChI=1S/C27H23N5O2S/c1-3-21-17-11-15(12-18(22-8-6-10-34-22)24(17)27(33)31-30-21)20-14-29-32(2)25(20)26-19(13-28)16-7-4-5-9-23(16)35-26/h4-5,7,9,11-12,14,22H,3,6,8,10H2,1-2H3,(H,31,33)/t22-/m0/s1. The van der Waals surface area contributed by atoms with Gasteiger partial charge in [-0.3, -0.25) is 9.48 Å². The summed E-state index contributed by atoms with van der Waals surface area (Å²) < 4.78 is 8.92. The van der Waals surface area contributed by atoms with Crippen molar-refractivity contribution in [1.82, 2.24) is 20.0 Å². The van der Waals surface area contributed by atoms with Crippen molar-refractivity contribution in [3.8, 4) is 27.8 Å². The van der Waals surface area contributed by atoms with Crippen LogP contribution in [0.5, 0.6) is 0 Å². The summed E-state index contributed by atoms with van der Waals surface area (Å²) in [4.78, 5) is 13.8. The predicted molar refractivity (Wildman–Crippen MR) is 137 cm³/mol. The lowest BCUT2D eigenvalue weighted by molar-refractivity contribution is 0.113. The van der Waals surface area contributed by atoms with Gasteiger partial charge in [0, 0.05) is 34.7 Å². The Kier molecular flexibility index (Phi) is 5.24. The zero-order chi connectivity index (χ0) is 24.1. The van der Waals surface area contributed by atoms with Crippen LogP contribution in [0.1, 0.15) is 42.7 Å². The molecule has 1 aliphatic heterocycles. The van der Waals surface area contributed by atoms with Crippen molar-refractivity contribution in [3.63, 3.8) is 0 Å². The molecule has 0 spiro atoms. The Morgan fingerprint density at radius 1 is 1.29 bits per heavy atom. The molecule has 6 rings (SSSR count). The number of H-pyrrole nitrogens is 1. The summed E-state index contributed by atoms with van der Waals surface area (Å²) in [6.45, 7) is 2.72. The Morgan fingerprint density at radius 3 is 2.91 bits per heavy atom. The van der Waals surface area contributed by atoms with Crippen LogP contribution < -0.4 is 5.56 Å². The molecule has 0 amide bonds. The van der Waals surface area contributed by atoms with Crippen LogP contribution in [-0.2, 0) is 18.2 Å². The predicted octanol–water partition coefficient (Wildman–Crippen LogP) is 5.49. The van der Waals surface area contributed by atoms with Gasteiger partial charge in [-0.1, -0.05) is 25.1 Å². The monoisotopic (exact) mass is 481 g/mol. The van der Waals surface area contributed by atoms with Gasteiger partial charge in [-0.05, 0) is 48.6 Å². The van der Waals surface area contributed by atoms with Crippen molar-refractivity contribution < 1.29 is 4.74 Å². The number of nitrogens with zero attached hydrogens (tertiary/aromatic N) is 4. The van der Waals surface area contributed by atoms with E-state index >= 15 is 0 Å². The number of rotatable bonds is 4. The van der Waals surface area contributed by atoms with Gasteiger partial charge in [0.15, 0.2) is 0 Å². The highest BCUT2D eigenvalue weighted by atomic mass is 32.1. The maximum atomic E-state index is 12.9. The van der Waals surface area contributed by atoms with Crippen LogP contribution in [0.25, 0.3) is 42.6 Å². The lowest BCUT2D eigenvalue weighted by atomic mass is 9.92. The molecule has 5 aromatic rings. The van der Waals surface area contributed by atoms with Gasteiger partial charge in [0.25, 0.3) is 5.56 Å². The summed E-state index contributed by atoms with van der Waals surface area (Å²) in [6, 6.07) is 14.5. The molecule has 0 saturated carbocycles. The molecule has 7 nitrogen and oxygen atoms in total. The molecule has 0 aliphatic carbocycles. The van der Waals surface area contributed by atoms with Crippen molar-refractivity contribution in [3.05, 3.63) is 69.8 Å². The average Bonchev–Trinajstić information content (AvgIpc) is 3.62. The summed E-state index contributed by atoms with van der Waals surface area (Å²) >= 11 is 1.60. The summed E-state index contributed by atoms with van der Waals surface area (Å²) in [5, 5.41) is 24.1. The molecule has 174 valence electrons. The molecule has 1 atom stereocenters. The minimum atomic E-state index is -0.197. The van der Waals surface area contributed by atoms with Crippen LogP contribution in [0.3, 0.4) is 0 Å². The van der Waals surface area contributed by atoms with Gasteiger partial charge in [-0.25, -0.2) is 5.10 Å². The number of thiophene rings is 1. The lowest BCUT2D eigenvalue weighted by Gasteiger charge is -2.16. The molecule has 3 aromatic heterocycles. The van der Waals surface area contributed by atoms with Gasteiger partial charge in [0.05, 0.1) is 39.5 Å². The van der Waals surface area contributed by atoms with E-state index < -0.39 is 0 Å². The zero-order valence-electron chi connectivity index (χ0n) is 19.5. The molecule has 1 fully saturated rings. The molecule has 1 aliphatic rings. The Labute approximate surface area is 205 Å². The molecule has 2 aromatic carbocycles. The van der Waals surface area contributed by atoms with Crippen LogP contribution in [-0.4, -0.2) is 26.6 Å². The Balaban J connectivity index is 1.65. The van der Waals surface area contributed by atoms with Crippen LogP contribution in [0, 0.1) is 11.3 Å².